The van der Waals surface area contributed by atoms with Crippen molar-refractivity contribution < 1.29 is 9.59 Å². The molecule has 5 nitrogen and oxygen atoms in total. The fourth-order valence-corrected chi connectivity index (χ4v) is 3.08. The van der Waals surface area contributed by atoms with Crippen LogP contribution in [0.25, 0.3) is 0 Å². The summed E-state index contributed by atoms with van der Waals surface area (Å²) in [5.41, 5.74) is 5.51. The van der Waals surface area contributed by atoms with E-state index in [9.17, 15) is 9.59 Å². The zero-order valence-electron chi connectivity index (χ0n) is 9.53. The molecule has 1 aliphatic carbocycles. The van der Waals surface area contributed by atoms with E-state index in [-0.39, 0.29) is 35.1 Å². The fourth-order valence-electron chi connectivity index (χ4n) is 2.31. The Labute approximate surface area is 111 Å². The van der Waals surface area contributed by atoms with Crippen molar-refractivity contribution in [1.82, 2.24) is 10.6 Å². The molecule has 2 aliphatic rings. The molecular weight excluding hydrogens is 262 g/mol. The summed E-state index contributed by atoms with van der Waals surface area (Å²) in [6, 6.07) is -0.387. The Morgan fingerprint density at radius 2 is 2.18 bits per heavy atom. The van der Waals surface area contributed by atoms with Gasteiger partial charge in [0.2, 0.25) is 5.91 Å². The third kappa shape index (κ3) is 3.26. The molecule has 2 fully saturated rings. The molecule has 0 aromatic carbocycles. The van der Waals surface area contributed by atoms with E-state index in [0.717, 1.165) is 37.4 Å². The molecule has 0 radical (unpaired) electrons. The molecule has 1 atom stereocenters. The third-order valence-corrected chi connectivity index (χ3v) is 4.21. The summed E-state index contributed by atoms with van der Waals surface area (Å²) in [4.78, 5) is 22.9. The molecule has 0 bridgehead atoms. The van der Waals surface area contributed by atoms with Crippen molar-refractivity contribution in [1.29, 1.82) is 0 Å². The zero-order valence-corrected chi connectivity index (χ0v) is 11.2. The SMILES string of the molecule is Cl.NCC1(NC(=O)[C@@H]2CSC(=O)N2)CCCC1. The summed E-state index contributed by atoms with van der Waals surface area (Å²) in [5.74, 6) is 0.427. The van der Waals surface area contributed by atoms with Gasteiger partial charge in [0, 0.05) is 12.3 Å². The van der Waals surface area contributed by atoms with Crippen LogP contribution in [0, 0.1) is 0 Å². The molecule has 1 heterocycles. The van der Waals surface area contributed by atoms with Crippen LogP contribution in [0.3, 0.4) is 0 Å². The van der Waals surface area contributed by atoms with Crippen LogP contribution < -0.4 is 16.4 Å². The summed E-state index contributed by atoms with van der Waals surface area (Å²) in [5, 5.41) is 5.54. The largest absolute Gasteiger partial charge is 0.348 e. The van der Waals surface area contributed by atoms with Crippen molar-refractivity contribution >= 4 is 35.3 Å². The first-order valence-electron chi connectivity index (χ1n) is 5.61. The second-order valence-corrected chi connectivity index (χ2v) is 5.47. The molecule has 17 heavy (non-hydrogen) atoms. The lowest BCUT2D eigenvalue weighted by Gasteiger charge is -2.29. The second-order valence-electron chi connectivity index (χ2n) is 4.48. The average molecular weight is 280 g/mol. The van der Waals surface area contributed by atoms with Gasteiger partial charge in [-0.05, 0) is 12.8 Å². The lowest BCUT2D eigenvalue weighted by molar-refractivity contribution is -0.124. The molecule has 2 rings (SSSR count). The molecule has 1 saturated carbocycles. The maximum Gasteiger partial charge on any atom is 0.279 e. The van der Waals surface area contributed by atoms with Gasteiger partial charge in [-0.15, -0.1) is 12.4 Å². The molecule has 1 saturated heterocycles. The van der Waals surface area contributed by atoms with Gasteiger partial charge in [-0.25, -0.2) is 0 Å². The van der Waals surface area contributed by atoms with Crippen molar-refractivity contribution in [2.75, 3.05) is 12.3 Å². The summed E-state index contributed by atoms with van der Waals surface area (Å²) in [6.45, 7) is 0.479. The molecule has 4 N–H and O–H groups in total. The van der Waals surface area contributed by atoms with Gasteiger partial charge >= 0.3 is 0 Å². The number of thioether (sulfide) groups is 1. The van der Waals surface area contributed by atoms with Crippen molar-refractivity contribution in [3.05, 3.63) is 0 Å². The van der Waals surface area contributed by atoms with Gasteiger partial charge in [0.05, 0.1) is 5.54 Å². The molecule has 2 amide bonds. The predicted molar refractivity (Wildman–Crippen MR) is 70.4 cm³/mol. The Balaban J connectivity index is 0.00000144. The normalized spacial score (nSPS) is 26.2. The van der Waals surface area contributed by atoms with Crippen LogP contribution in [0.15, 0.2) is 0 Å². The van der Waals surface area contributed by atoms with Gasteiger partial charge in [-0.3, -0.25) is 9.59 Å². The number of hydrogen-bond donors (Lipinski definition) is 3. The smallest absolute Gasteiger partial charge is 0.279 e. The van der Waals surface area contributed by atoms with Crippen molar-refractivity contribution in [3.8, 4) is 0 Å². The van der Waals surface area contributed by atoms with Crippen molar-refractivity contribution in [3.63, 3.8) is 0 Å². The van der Waals surface area contributed by atoms with Gasteiger partial charge < -0.3 is 16.4 Å². The maximum atomic E-state index is 11.9. The molecule has 1 aliphatic heterocycles. The van der Waals surface area contributed by atoms with E-state index in [1.165, 1.54) is 0 Å². The summed E-state index contributed by atoms with van der Waals surface area (Å²) in [7, 11) is 0. The Bertz CT molecular complexity index is 308. The van der Waals surface area contributed by atoms with Crippen molar-refractivity contribution in [2.24, 2.45) is 5.73 Å². The summed E-state index contributed by atoms with van der Waals surface area (Å²) >= 11 is 1.16. The van der Waals surface area contributed by atoms with Gasteiger partial charge in [0.25, 0.3) is 5.24 Å². The highest BCUT2D eigenvalue weighted by molar-refractivity contribution is 8.14. The fraction of sp³-hybridized carbons (Fsp3) is 0.800. The van der Waals surface area contributed by atoms with Crippen LogP contribution in [0.1, 0.15) is 25.7 Å². The monoisotopic (exact) mass is 279 g/mol. The van der Waals surface area contributed by atoms with Gasteiger partial charge in [-0.2, -0.15) is 0 Å². The molecule has 7 heteroatoms. The highest BCUT2D eigenvalue weighted by Gasteiger charge is 2.37. The highest BCUT2D eigenvalue weighted by atomic mass is 35.5. The Hall–Kier alpha value is -0.460. The van der Waals surface area contributed by atoms with E-state index in [1.54, 1.807) is 0 Å². The summed E-state index contributed by atoms with van der Waals surface area (Å²) in [6.07, 6.45) is 4.12. The predicted octanol–water partition coefficient (Wildman–Crippen LogP) is 0.621. The standard InChI is InChI=1S/C10H17N3O2S.ClH/c11-6-10(3-1-2-4-10)13-8(14)7-5-16-9(15)12-7;/h7H,1-6,11H2,(H,12,15)(H,13,14);1H/t7-;/m0./s1. The minimum absolute atomic E-state index is 0. The van der Waals surface area contributed by atoms with E-state index < -0.39 is 0 Å². The van der Waals surface area contributed by atoms with Crippen LogP contribution in [-0.2, 0) is 4.79 Å². The van der Waals surface area contributed by atoms with E-state index in [1.807, 2.05) is 0 Å². The van der Waals surface area contributed by atoms with Crippen molar-refractivity contribution in [2.45, 2.75) is 37.3 Å². The number of carbonyl (C=O) groups is 2. The first-order valence-corrected chi connectivity index (χ1v) is 6.59. The van der Waals surface area contributed by atoms with E-state index in [2.05, 4.69) is 10.6 Å². The Kier molecular flexibility index (Phi) is 5.09. The average Bonchev–Trinajstić information content (AvgIpc) is 2.88. The number of nitrogens with one attached hydrogen (secondary N) is 2. The zero-order chi connectivity index (χ0) is 11.6. The van der Waals surface area contributed by atoms with Crippen LogP contribution in [0.5, 0.6) is 0 Å². The van der Waals surface area contributed by atoms with Crippen LogP contribution in [0.2, 0.25) is 0 Å². The summed E-state index contributed by atoms with van der Waals surface area (Å²) < 4.78 is 0. The van der Waals surface area contributed by atoms with E-state index in [0.29, 0.717) is 12.3 Å². The molecule has 0 aromatic rings. The van der Waals surface area contributed by atoms with E-state index >= 15 is 0 Å². The van der Waals surface area contributed by atoms with Crippen LogP contribution in [-0.4, -0.2) is 35.0 Å². The molecule has 98 valence electrons. The lowest BCUT2D eigenvalue weighted by atomic mass is 9.97. The second kappa shape index (κ2) is 5.93. The highest BCUT2D eigenvalue weighted by Crippen LogP contribution is 2.29. The van der Waals surface area contributed by atoms with Gasteiger partial charge in [0.15, 0.2) is 0 Å². The molecule has 0 spiro atoms. The molecule has 0 unspecified atom stereocenters. The number of nitrogens with two attached hydrogens (primary N) is 1. The minimum atomic E-state index is -0.387. The lowest BCUT2D eigenvalue weighted by Crippen LogP contribution is -2.56. The van der Waals surface area contributed by atoms with Crippen LogP contribution in [0.4, 0.5) is 4.79 Å². The van der Waals surface area contributed by atoms with Crippen LogP contribution >= 0.6 is 24.2 Å². The first-order chi connectivity index (χ1) is 7.65. The maximum absolute atomic E-state index is 11.9. The molecule has 0 aromatic heterocycles. The van der Waals surface area contributed by atoms with Gasteiger partial charge in [-0.1, -0.05) is 24.6 Å². The number of hydrogen-bond acceptors (Lipinski definition) is 4. The number of amides is 2. The number of halogens is 1. The van der Waals surface area contributed by atoms with Gasteiger partial charge in [0.1, 0.15) is 6.04 Å². The number of rotatable bonds is 3. The quantitative estimate of drug-likeness (QED) is 0.707. The number of carbonyl (C=O) groups excluding carboxylic acids is 2. The first kappa shape index (κ1) is 14.6. The molecular formula is C10H18ClN3O2S. The Morgan fingerprint density at radius 3 is 2.65 bits per heavy atom. The third-order valence-electron chi connectivity index (χ3n) is 3.33. The van der Waals surface area contributed by atoms with E-state index in [4.69, 9.17) is 5.73 Å². The minimum Gasteiger partial charge on any atom is -0.348 e. The topological polar surface area (TPSA) is 84.2 Å². The Morgan fingerprint density at radius 1 is 1.53 bits per heavy atom.